The predicted octanol–water partition coefficient (Wildman–Crippen LogP) is 0.487. The van der Waals surface area contributed by atoms with Gasteiger partial charge < -0.3 is 0 Å². The highest BCUT2D eigenvalue weighted by Gasteiger charge is 1.48. The van der Waals surface area contributed by atoms with Gasteiger partial charge in [-0.1, -0.05) is 0 Å². The Labute approximate surface area is 39.0 Å². The Morgan fingerprint density at radius 1 is 2.00 bits per heavy atom. The molecule has 0 aromatic heterocycles. The third kappa shape index (κ3) is 2.65. The second kappa shape index (κ2) is 3.65. The fourth-order valence-electron chi connectivity index (χ4n) is 0. The van der Waals surface area contributed by atoms with Gasteiger partial charge in [-0.3, -0.25) is 4.84 Å². The predicted molar refractivity (Wildman–Crippen MR) is 24.2 cm³/mol. The molecule has 0 saturated carbocycles. The Kier molecular flexibility index (Phi) is 4.24. The lowest BCUT2D eigenvalue weighted by Gasteiger charge is -1.77. The molecule has 0 saturated heterocycles. The van der Waals surface area contributed by atoms with Crippen LogP contribution in [0.5, 0.6) is 0 Å². The second-order valence-corrected chi connectivity index (χ2v) is 0.722. The van der Waals surface area contributed by atoms with Gasteiger partial charge in [0.1, 0.15) is 0 Å². The van der Waals surface area contributed by atoms with Gasteiger partial charge >= 0.3 is 0 Å². The SMILES string of the molecule is CONI. The molecule has 0 aromatic carbocycles. The van der Waals surface area contributed by atoms with Crippen molar-refractivity contribution in [3.8, 4) is 0 Å². The Balaban J connectivity index is 1.97. The first-order chi connectivity index (χ1) is 1.91. The molecule has 3 heteroatoms. The van der Waals surface area contributed by atoms with Crippen molar-refractivity contribution in [2.45, 2.75) is 0 Å². The van der Waals surface area contributed by atoms with Crippen molar-refractivity contribution in [3.63, 3.8) is 0 Å². The molecule has 0 aliphatic carbocycles. The molecule has 0 unspecified atom stereocenters. The van der Waals surface area contributed by atoms with Crippen LogP contribution < -0.4 is 3.69 Å². The second-order valence-electron chi connectivity index (χ2n) is 0.281. The molecule has 0 fully saturated rings. The maximum Gasteiger partial charge on any atom is 0.0581 e. The lowest BCUT2D eigenvalue weighted by atomic mass is 11.7. The number of rotatable bonds is 1. The first kappa shape index (κ1) is 4.65. The van der Waals surface area contributed by atoms with Crippen molar-refractivity contribution in [2.75, 3.05) is 7.11 Å². The van der Waals surface area contributed by atoms with Crippen molar-refractivity contribution in [2.24, 2.45) is 0 Å². The van der Waals surface area contributed by atoms with Gasteiger partial charge in [-0.15, -0.1) is 3.69 Å². The molecular formula is CH4INO. The van der Waals surface area contributed by atoms with Crippen LogP contribution in [0.2, 0.25) is 0 Å². The molecule has 2 nitrogen and oxygen atoms in total. The Morgan fingerprint density at radius 3 is 2.25 bits per heavy atom. The van der Waals surface area contributed by atoms with Crippen LogP contribution in [0.25, 0.3) is 0 Å². The molecule has 0 heterocycles. The van der Waals surface area contributed by atoms with Crippen LogP contribution in [0.1, 0.15) is 0 Å². The summed E-state index contributed by atoms with van der Waals surface area (Å²) in [6.07, 6.45) is 0. The number of nitrogens with one attached hydrogen (secondary N) is 1. The van der Waals surface area contributed by atoms with E-state index < -0.39 is 0 Å². The molecule has 0 radical (unpaired) electrons. The zero-order valence-corrected chi connectivity index (χ0v) is 4.44. The van der Waals surface area contributed by atoms with E-state index in [4.69, 9.17) is 0 Å². The highest BCUT2D eigenvalue weighted by Crippen LogP contribution is 1.60. The topological polar surface area (TPSA) is 21.3 Å². The van der Waals surface area contributed by atoms with Gasteiger partial charge in [0.05, 0.1) is 7.11 Å². The quantitative estimate of drug-likeness (QED) is 0.354. The van der Waals surface area contributed by atoms with Crippen LogP contribution in [0.4, 0.5) is 0 Å². The largest absolute Gasteiger partial charge is 0.295 e. The fraction of sp³-hybridized carbons (Fsp3) is 1.00. The van der Waals surface area contributed by atoms with E-state index in [1.165, 1.54) is 0 Å². The summed E-state index contributed by atoms with van der Waals surface area (Å²) >= 11 is 1.88. The van der Waals surface area contributed by atoms with Crippen LogP contribution in [-0.2, 0) is 4.84 Å². The van der Waals surface area contributed by atoms with E-state index in [1.807, 2.05) is 22.9 Å². The summed E-state index contributed by atoms with van der Waals surface area (Å²) in [7, 11) is 1.56. The Morgan fingerprint density at radius 2 is 2.25 bits per heavy atom. The Bertz CT molecular complexity index is 10.0. The number of hydrogen-bond acceptors (Lipinski definition) is 2. The minimum atomic E-state index is 1.56. The highest BCUT2D eigenvalue weighted by molar-refractivity contribution is 14.1. The maximum atomic E-state index is 4.28. The minimum absolute atomic E-state index is 1.56. The van der Waals surface area contributed by atoms with Crippen molar-refractivity contribution < 1.29 is 4.84 Å². The first-order valence-electron chi connectivity index (χ1n) is 0.801. The van der Waals surface area contributed by atoms with Gasteiger partial charge in [0.25, 0.3) is 0 Å². The molecule has 4 heavy (non-hydrogen) atoms. The van der Waals surface area contributed by atoms with Crippen LogP contribution in [-0.4, -0.2) is 7.11 Å². The van der Waals surface area contributed by atoms with Crippen molar-refractivity contribution in [1.29, 1.82) is 0 Å². The molecule has 0 atom stereocenters. The van der Waals surface area contributed by atoms with Gasteiger partial charge in [0.15, 0.2) is 0 Å². The summed E-state index contributed by atoms with van der Waals surface area (Å²) in [6, 6.07) is 0. The van der Waals surface area contributed by atoms with E-state index in [2.05, 4.69) is 8.53 Å². The van der Waals surface area contributed by atoms with Gasteiger partial charge in [0, 0.05) is 22.9 Å². The van der Waals surface area contributed by atoms with E-state index in [0.717, 1.165) is 0 Å². The molecule has 0 amide bonds. The summed E-state index contributed by atoms with van der Waals surface area (Å²) in [6.45, 7) is 0. The van der Waals surface area contributed by atoms with E-state index in [-0.39, 0.29) is 0 Å². The van der Waals surface area contributed by atoms with Crippen LogP contribution in [0.15, 0.2) is 0 Å². The number of hydrogen-bond donors (Lipinski definition) is 1. The summed E-state index contributed by atoms with van der Waals surface area (Å²) < 4.78 is 2.40. The molecule has 0 aromatic rings. The van der Waals surface area contributed by atoms with Crippen molar-refractivity contribution >= 4 is 22.9 Å². The molecule has 0 rings (SSSR count). The Hall–Kier alpha value is 0.650. The zero-order valence-electron chi connectivity index (χ0n) is 2.29. The lowest BCUT2D eigenvalue weighted by molar-refractivity contribution is 0.177. The van der Waals surface area contributed by atoms with Gasteiger partial charge in [-0.2, -0.15) is 0 Å². The molecule has 1 N–H and O–H groups in total. The monoisotopic (exact) mass is 173 g/mol. The van der Waals surface area contributed by atoms with E-state index >= 15 is 0 Å². The van der Waals surface area contributed by atoms with Crippen molar-refractivity contribution in [1.82, 2.24) is 3.69 Å². The summed E-state index contributed by atoms with van der Waals surface area (Å²) in [5.74, 6) is 0. The molecule has 0 aliphatic rings. The van der Waals surface area contributed by atoms with E-state index in [0.29, 0.717) is 0 Å². The minimum Gasteiger partial charge on any atom is -0.295 e. The molecule has 0 aliphatic heterocycles. The average Bonchev–Trinajstić information content (AvgIpc) is 1.37. The van der Waals surface area contributed by atoms with Crippen LogP contribution in [0, 0.1) is 0 Å². The first-order valence-corrected chi connectivity index (χ1v) is 1.88. The molecule has 0 bridgehead atoms. The third-order valence-corrected chi connectivity index (χ3v) is 0.518. The van der Waals surface area contributed by atoms with Gasteiger partial charge in [-0.05, 0) is 0 Å². The van der Waals surface area contributed by atoms with Crippen molar-refractivity contribution in [3.05, 3.63) is 0 Å². The van der Waals surface area contributed by atoms with Gasteiger partial charge in [0.2, 0.25) is 0 Å². The average molecular weight is 173 g/mol. The van der Waals surface area contributed by atoms with E-state index in [1.54, 1.807) is 7.11 Å². The lowest BCUT2D eigenvalue weighted by Crippen LogP contribution is -1.89. The summed E-state index contributed by atoms with van der Waals surface area (Å²) in [4.78, 5) is 4.28. The molecule has 0 spiro atoms. The summed E-state index contributed by atoms with van der Waals surface area (Å²) in [5, 5.41) is 0. The molecule has 26 valence electrons. The van der Waals surface area contributed by atoms with Gasteiger partial charge in [-0.25, -0.2) is 0 Å². The van der Waals surface area contributed by atoms with E-state index in [9.17, 15) is 0 Å². The molecular weight excluding hydrogens is 169 g/mol. The highest BCUT2D eigenvalue weighted by atomic mass is 127. The standard InChI is InChI=1S/CH4INO/c1-4-3-2/h3H,1H3. The zero-order chi connectivity index (χ0) is 3.41. The third-order valence-electron chi connectivity index (χ3n) is 0.0772. The normalized spacial score (nSPS) is 7.50. The summed E-state index contributed by atoms with van der Waals surface area (Å²) in [5.41, 5.74) is 0. The smallest absolute Gasteiger partial charge is 0.0581 e. The van der Waals surface area contributed by atoms with Crippen LogP contribution >= 0.6 is 22.9 Å². The maximum absolute atomic E-state index is 4.28. The fourth-order valence-corrected chi connectivity index (χ4v) is 0. The van der Waals surface area contributed by atoms with Crippen LogP contribution in [0.3, 0.4) is 0 Å². The number of halogens is 1.